The normalized spacial score (nSPS) is 12.0. The maximum atomic E-state index is 12.3. The van der Waals surface area contributed by atoms with E-state index in [1.165, 1.54) is 9.13 Å². The van der Waals surface area contributed by atoms with Crippen LogP contribution in [0, 0.1) is 17.4 Å². The Morgan fingerprint density at radius 3 is 2.43 bits per heavy atom. The van der Waals surface area contributed by atoms with Crippen molar-refractivity contribution in [1.82, 2.24) is 0 Å². The first-order chi connectivity index (χ1) is 9.95. The van der Waals surface area contributed by atoms with Gasteiger partial charge in [0.25, 0.3) is 0 Å². The molecule has 0 fully saturated rings. The predicted octanol–water partition coefficient (Wildman–Crippen LogP) is 5.03. The van der Waals surface area contributed by atoms with E-state index in [0.29, 0.717) is 0 Å². The molecule has 2 aromatic rings. The lowest BCUT2D eigenvalue weighted by atomic mass is 10.2. The molecule has 110 valence electrons. The molecule has 0 bridgehead atoms. The highest BCUT2D eigenvalue weighted by atomic mass is 127. The van der Waals surface area contributed by atoms with Crippen LogP contribution in [0.5, 0.6) is 0 Å². The van der Waals surface area contributed by atoms with Crippen molar-refractivity contribution in [3.05, 3.63) is 57.2 Å². The lowest BCUT2D eigenvalue weighted by molar-refractivity contribution is -0.115. The van der Waals surface area contributed by atoms with E-state index in [-0.39, 0.29) is 11.2 Å². The minimum absolute atomic E-state index is 0.0323. The highest BCUT2D eigenvalue weighted by Crippen LogP contribution is 2.25. The maximum absolute atomic E-state index is 12.3. The highest BCUT2D eigenvalue weighted by Gasteiger charge is 2.15. The molecule has 0 aromatic heterocycles. The molecule has 0 unspecified atom stereocenters. The number of hydrogen-bond acceptors (Lipinski definition) is 2. The van der Waals surface area contributed by atoms with E-state index < -0.39 is 0 Å². The van der Waals surface area contributed by atoms with Crippen molar-refractivity contribution in [3.63, 3.8) is 0 Å². The molecule has 21 heavy (non-hydrogen) atoms. The first kappa shape index (κ1) is 16.4. The summed E-state index contributed by atoms with van der Waals surface area (Å²) in [6.45, 7) is 6.00. The quantitative estimate of drug-likeness (QED) is 0.565. The SMILES string of the molecule is Cc1ccc(S[C@@H](C)C(=O)Nc2ccc(I)cc2C)cc1. The topological polar surface area (TPSA) is 29.1 Å². The Labute approximate surface area is 143 Å². The molecule has 1 N–H and O–H groups in total. The smallest absolute Gasteiger partial charge is 0.237 e. The molecule has 0 saturated carbocycles. The number of anilines is 1. The van der Waals surface area contributed by atoms with Crippen LogP contribution in [-0.4, -0.2) is 11.2 Å². The molecule has 0 saturated heterocycles. The predicted molar refractivity (Wildman–Crippen MR) is 99.0 cm³/mol. The minimum atomic E-state index is -0.133. The van der Waals surface area contributed by atoms with Gasteiger partial charge in [-0.15, -0.1) is 11.8 Å². The second-order valence-corrected chi connectivity index (χ2v) is 7.68. The monoisotopic (exact) mass is 411 g/mol. The Kier molecular flexibility index (Phi) is 5.70. The summed E-state index contributed by atoms with van der Waals surface area (Å²) in [5, 5.41) is 2.87. The van der Waals surface area contributed by atoms with E-state index in [2.05, 4.69) is 65.2 Å². The van der Waals surface area contributed by atoms with Gasteiger partial charge >= 0.3 is 0 Å². The molecule has 0 heterocycles. The Hall–Kier alpha value is -1.01. The summed E-state index contributed by atoms with van der Waals surface area (Å²) in [5.41, 5.74) is 3.20. The number of carbonyl (C=O) groups is 1. The van der Waals surface area contributed by atoms with Gasteiger partial charge in [-0.25, -0.2) is 0 Å². The van der Waals surface area contributed by atoms with Gasteiger partial charge < -0.3 is 5.32 Å². The lowest BCUT2D eigenvalue weighted by Gasteiger charge is -2.14. The van der Waals surface area contributed by atoms with Gasteiger partial charge in [0, 0.05) is 14.2 Å². The summed E-state index contributed by atoms with van der Waals surface area (Å²) in [6.07, 6.45) is 0. The Balaban J connectivity index is 2.00. The fourth-order valence-corrected chi connectivity index (χ4v) is 3.39. The van der Waals surface area contributed by atoms with Gasteiger partial charge in [-0.3, -0.25) is 4.79 Å². The van der Waals surface area contributed by atoms with Crippen LogP contribution in [-0.2, 0) is 4.79 Å². The molecular formula is C17H18INOS. The van der Waals surface area contributed by atoms with Gasteiger partial charge in [-0.05, 0) is 79.3 Å². The zero-order valence-electron chi connectivity index (χ0n) is 12.3. The third kappa shape index (κ3) is 4.74. The molecule has 1 amide bonds. The Morgan fingerprint density at radius 2 is 1.81 bits per heavy atom. The van der Waals surface area contributed by atoms with Crippen molar-refractivity contribution in [2.45, 2.75) is 30.9 Å². The van der Waals surface area contributed by atoms with Gasteiger partial charge in [0.2, 0.25) is 5.91 Å². The van der Waals surface area contributed by atoms with Gasteiger partial charge in [0.05, 0.1) is 5.25 Å². The Morgan fingerprint density at radius 1 is 1.14 bits per heavy atom. The van der Waals surface area contributed by atoms with Crippen molar-refractivity contribution >= 4 is 45.9 Å². The van der Waals surface area contributed by atoms with Crippen LogP contribution in [0.15, 0.2) is 47.4 Å². The van der Waals surface area contributed by atoms with Crippen molar-refractivity contribution < 1.29 is 4.79 Å². The molecule has 4 heteroatoms. The summed E-state index contributed by atoms with van der Waals surface area (Å²) in [6, 6.07) is 14.3. The standard InChI is InChI=1S/C17H18INOS/c1-11-4-7-15(8-5-11)21-13(3)17(20)19-16-9-6-14(18)10-12(16)2/h4-10,13H,1-3H3,(H,19,20)/t13-/m0/s1. The van der Waals surface area contributed by atoms with E-state index in [4.69, 9.17) is 0 Å². The molecule has 2 nitrogen and oxygen atoms in total. The molecule has 0 aliphatic heterocycles. The van der Waals surface area contributed by atoms with E-state index in [1.54, 1.807) is 11.8 Å². The summed E-state index contributed by atoms with van der Waals surface area (Å²) in [4.78, 5) is 13.4. The van der Waals surface area contributed by atoms with Crippen LogP contribution in [0.3, 0.4) is 0 Å². The van der Waals surface area contributed by atoms with Crippen LogP contribution in [0.25, 0.3) is 0 Å². The summed E-state index contributed by atoms with van der Waals surface area (Å²) in [5.74, 6) is 0.0323. The van der Waals surface area contributed by atoms with Gasteiger partial charge in [-0.1, -0.05) is 17.7 Å². The summed E-state index contributed by atoms with van der Waals surface area (Å²) < 4.78 is 1.17. The van der Waals surface area contributed by atoms with Gasteiger partial charge in [0.15, 0.2) is 0 Å². The number of amides is 1. The van der Waals surface area contributed by atoms with Crippen LogP contribution < -0.4 is 5.32 Å². The van der Waals surface area contributed by atoms with E-state index in [0.717, 1.165) is 16.1 Å². The van der Waals surface area contributed by atoms with Gasteiger partial charge in [-0.2, -0.15) is 0 Å². The number of carbonyl (C=O) groups excluding carboxylic acids is 1. The lowest BCUT2D eigenvalue weighted by Crippen LogP contribution is -2.22. The largest absolute Gasteiger partial charge is 0.325 e. The number of benzene rings is 2. The fraction of sp³-hybridized carbons (Fsp3) is 0.235. The van der Waals surface area contributed by atoms with Crippen LogP contribution in [0.1, 0.15) is 18.1 Å². The number of nitrogens with one attached hydrogen (secondary N) is 1. The molecule has 0 aliphatic carbocycles. The maximum Gasteiger partial charge on any atom is 0.237 e. The molecule has 1 atom stereocenters. The molecule has 0 spiro atoms. The zero-order chi connectivity index (χ0) is 15.4. The number of rotatable bonds is 4. The van der Waals surface area contributed by atoms with Crippen molar-refractivity contribution in [3.8, 4) is 0 Å². The summed E-state index contributed by atoms with van der Waals surface area (Å²) in [7, 11) is 0. The second-order valence-electron chi connectivity index (χ2n) is 5.02. The van der Waals surface area contributed by atoms with Crippen molar-refractivity contribution in [1.29, 1.82) is 0 Å². The highest BCUT2D eigenvalue weighted by molar-refractivity contribution is 14.1. The molecule has 2 rings (SSSR count). The van der Waals surface area contributed by atoms with Crippen molar-refractivity contribution in [2.75, 3.05) is 5.32 Å². The first-order valence-corrected chi connectivity index (χ1v) is 8.72. The molecule has 2 aromatic carbocycles. The number of aryl methyl sites for hydroxylation is 2. The number of hydrogen-bond donors (Lipinski definition) is 1. The average molecular weight is 411 g/mol. The minimum Gasteiger partial charge on any atom is -0.325 e. The third-order valence-electron chi connectivity index (χ3n) is 3.15. The number of thioether (sulfide) groups is 1. The average Bonchev–Trinajstić information content (AvgIpc) is 2.44. The summed E-state index contributed by atoms with van der Waals surface area (Å²) >= 11 is 3.85. The molecular weight excluding hydrogens is 393 g/mol. The first-order valence-electron chi connectivity index (χ1n) is 6.76. The van der Waals surface area contributed by atoms with Crippen LogP contribution >= 0.6 is 34.4 Å². The second kappa shape index (κ2) is 7.31. The zero-order valence-corrected chi connectivity index (χ0v) is 15.3. The van der Waals surface area contributed by atoms with Gasteiger partial charge in [0.1, 0.15) is 0 Å². The van der Waals surface area contributed by atoms with E-state index in [1.807, 2.05) is 26.0 Å². The van der Waals surface area contributed by atoms with Crippen molar-refractivity contribution in [2.24, 2.45) is 0 Å². The third-order valence-corrected chi connectivity index (χ3v) is 4.93. The van der Waals surface area contributed by atoms with E-state index in [9.17, 15) is 4.79 Å². The van der Waals surface area contributed by atoms with Crippen LogP contribution in [0.2, 0.25) is 0 Å². The fourth-order valence-electron chi connectivity index (χ4n) is 1.88. The Bertz CT molecular complexity index is 640. The van der Waals surface area contributed by atoms with E-state index >= 15 is 0 Å². The molecule has 0 radical (unpaired) electrons. The van der Waals surface area contributed by atoms with Crippen LogP contribution in [0.4, 0.5) is 5.69 Å². The molecule has 0 aliphatic rings. The number of halogens is 1.